The second-order valence-electron chi connectivity index (χ2n) is 5.34. The number of ether oxygens (including phenoxy) is 1. The summed E-state index contributed by atoms with van der Waals surface area (Å²) in [4.78, 5) is 0. The van der Waals surface area contributed by atoms with Crippen LogP contribution in [0.1, 0.15) is 19.4 Å². The first-order valence-electron chi connectivity index (χ1n) is 6.97. The van der Waals surface area contributed by atoms with Crippen molar-refractivity contribution in [3.63, 3.8) is 0 Å². The van der Waals surface area contributed by atoms with Gasteiger partial charge in [0, 0.05) is 21.6 Å². The fraction of sp³-hybridized carbons (Fsp3) is 0.294. The summed E-state index contributed by atoms with van der Waals surface area (Å²) in [6.07, 6.45) is 0. The van der Waals surface area contributed by atoms with Crippen LogP contribution in [0.3, 0.4) is 0 Å². The van der Waals surface area contributed by atoms with Gasteiger partial charge in [-0.25, -0.2) is 0 Å². The first-order chi connectivity index (χ1) is 10.0. The molecule has 0 radical (unpaired) electrons. The number of halogens is 2. The van der Waals surface area contributed by atoms with Gasteiger partial charge >= 0.3 is 0 Å². The van der Waals surface area contributed by atoms with Crippen molar-refractivity contribution in [1.29, 1.82) is 0 Å². The monoisotopic (exact) mass is 367 g/mol. The van der Waals surface area contributed by atoms with Crippen LogP contribution in [-0.4, -0.2) is 6.54 Å². The molecule has 2 aromatic rings. The lowest BCUT2D eigenvalue weighted by molar-refractivity contribution is 0.469. The lowest BCUT2D eigenvalue weighted by atomic mass is 10.1. The number of hydrogen-bond acceptors (Lipinski definition) is 2. The van der Waals surface area contributed by atoms with Gasteiger partial charge in [-0.1, -0.05) is 47.4 Å². The van der Waals surface area contributed by atoms with Crippen molar-refractivity contribution < 1.29 is 4.74 Å². The molecule has 2 aromatic carbocycles. The minimum absolute atomic E-state index is 0.610. The van der Waals surface area contributed by atoms with Gasteiger partial charge in [0.25, 0.3) is 0 Å². The molecule has 112 valence electrons. The maximum atomic E-state index is 6.10. The first kappa shape index (κ1) is 16.3. The molecule has 0 aliphatic heterocycles. The van der Waals surface area contributed by atoms with E-state index in [-0.39, 0.29) is 0 Å². The lowest BCUT2D eigenvalue weighted by Crippen LogP contribution is -2.19. The van der Waals surface area contributed by atoms with Crippen LogP contribution < -0.4 is 10.1 Å². The highest BCUT2D eigenvalue weighted by Crippen LogP contribution is 2.29. The van der Waals surface area contributed by atoms with Crippen molar-refractivity contribution in [2.24, 2.45) is 5.92 Å². The molecular weight excluding hydrogens is 350 g/mol. The SMILES string of the molecule is CC(C)CNCc1cc(Cl)ccc1Oc1cccc(Br)c1. The van der Waals surface area contributed by atoms with E-state index in [1.807, 2.05) is 42.5 Å². The summed E-state index contributed by atoms with van der Waals surface area (Å²) in [5, 5.41) is 4.14. The molecule has 2 nitrogen and oxygen atoms in total. The molecular formula is C17H19BrClNO. The molecule has 0 saturated carbocycles. The Balaban J connectivity index is 2.14. The van der Waals surface area contributed by atoms with Crippen LogP contribution in [-0.2, 0) is 6.54 Å². The molecule has 0 aromatic heterocycles. The molecule has 0 bridgehead atoms. The van der Waals surface area contributed by atoms with Crippen molar-refractivity contribution in [2.75, 3.05) is 6.54 Å². The topological polar surface area (TPSA) is 21.3 Å². The second-order valence-corrected chi connectivity index (χ2v) is 6.69. The van der Waals surface area contributed by atoms with Crippen molar-refractivity contribution in [3.8, 4) is 11.5 Å². The molecule has 21 heavy (non-hydrogen) atoms. The maximum absolute atomic E-state index is 6.10. The van der Waals surface area contributed by atoms with Gasteiger partial charge in [0.2, 0.25) is 0 Å². The van der Waals surface area contributed by atoms with Crippen molar-refractivity contribution in [1.82, 2.24) is 5.32 Å². The highest BCUT2D eigenvalue weighted by Gasteiger charge is 2.07. The fourth-order valence-corrected chi connectivity index (χ4v) is 2.51. The van der Waals surface area contributed by atoms with E-state index in [2.05, 4.69) is 35.1 Å². The molecule has 2 rings (SSSR count). The Kier molecular flexibility index (Phi) is 6.09. The third-order valence-electron chi connectivity index (χ3n) is 2.91. The molecule has 1 N–H and O–H groups in total. The number of rotatable bonds is 6. The quantitative estimate of drug-likeness (QED) is 0.712. The summed E-state index contributed by atoms with van der Waals surface area (Å²) < 4.78 is 6.97. The molecule has 0 heterocycles. The Hall–Kier alpha value is -1.03. The normalized spacial score (nSPS) is 10.9. The molecule has 0 unspecified atom stereocenters. The number of nitrogens with one attached hydrogen (secondary N) is 1. The fourth-order valence-electron chi connectivity index (χ4n) is 1.94. The molecule has 0 spiro atoms. The van der Waals surface area contributed by atoms with Gasteiger partial charge in [-0.15, -0.1) is 0 Å². The van der Waals surface area contributed by atoms with Crippen LogP contribution in [0.5, 0.6) is 11.5 Å². The van der Waals surface area contributed by atoms with Crippen LogP contribution in [0.2, 0.25) is 5.02 Å². The van der Waals surface area contributed by atoms with Crippen LogP contribution >= 0.6 is 27.5 Å². The molecule has 0 atom stereocenters. The van der Waals surface area contributed by atoms with Crippen molar-refractivity contribution >= 4 is 27.5 Å². The average Bonchev–Trinajstić information content (AvgIpc) is 2.41. The van der Waals surface area contributed by atoms with E-state index in [1.54, 1.807) is 0 Å². The summed E-state index contributed by atoms with van der Waals surface area (Å²) in [5.41, 5.74) is 1.06. The van der Waals surface area contributed by atoms with Crippen LogP contribution in [0.4, 0.5) is 0 Å². The van der Waals surface area contributed by atoms with Crippen LogP contribution in [0, 0.1) is 5.92 Å². The van der Waals surface area contributed by atoms with E-state index in [1.165, 1.54) is 0 Å². The standard InChI is InChI=1S/C17H19BrClNO/c1-12(2)10-20-11-13-8-15(19)6-7-17(13)21-16-5-3-4-14(18)9-16/h3-9,12,20H,10-11H2,1-2H3. The van der Waals surface area contributed by atoms with Gasteiger partial charge in [-0.05, 0) is 48.9 Å². The third-order valence-corrected chi connectivity index (χ3v) is 3.64. The van der Waals surface area contributed by atoms with Crippen LogP contribution in [0.25, 0.3) is 0 Å². The predicted octanol–water partition coefficient (Wildman–Crippen LogP) is 5.64. The maximum Gasteiger partial charge on any atom is 0.132 e. The van der Waals surface area contributed by atoms with Crippen molar-refractivity contribution in [2.45, 2.75) is 20.4 Å². The Morgan fingerprint density at radius 2 is 2.00 bits per heavy atom. The number of benzene rings is 2. The molecule has 0 fully saturated rings. The number of hydrogen-bond donors (Lipinski definition) is 1. The molecule has 4 heteroatoms. The van der Waals surface area contributed by atoms with Gasteiger partial charge in [-0.3, -0.25) is 0 Å². The summed E-state index contributed by atoms with van der Waals surface area (Å²) in [5.74, 6) is 2.24. The second kappa shape index (κ2) is 7.83. The van der Waals surface area contributed by atoms with E-state index in [0.29, 0.717) is 5.92 Å². The molecule has 0 saturated heterocycles. The van der Waals surface area contributed by atoms with Gasteiger partial charge in [0.1, 0.15) is 11.5 Å². The van der Waals surface area contributed by atoms with Gasteiger partial charge in [0.05, 0.1) is 0 Å². The van der Waals surface area contributed by atoms with E-state index in [9.17, 15) is 0 Å². The Morgan fingerprint density at radius 1 is 1.19 bits per heavy atom. The summed E-state index contributed by atoms with van der Waals surface area (Å²) in [7, 11) is 0. The molecule has 0 amide bonds. The Bertz CT molecular complexity index is 601. The summed E-state index contributed by atoms with van der Waals surface area (Å²) in [6, 6.07) is 13.5. The van der Waals surface area contributed by atoms with Crippen LogP contribution in [0.15, 0.2) is 46.9 Å². The summed E-state index contributed by atoms with van der Waals surface area (Å²) in [6.45, 7) is 6.07. The lowest BCUT2D eigenvalue weighted by Gasteiger charge is -2.13. The zero-order valence-electron chi connectivity index (χ0n) is 12.2. The smallest absolute Gasteiger partial charge is 0.132 e. The molecule has 0 aliphatic carbocycles. The van der Waals surface area contributed by atoms with Gasteiger partial charge < -0.3 is 10.1 Å². The van der Waals surface area contributed by atoms with E-state index in [4.69, 9.17) is 16.3 Å². The minimum atomic E-state index is 0.610. The van der Waals surface area contributed by atoms with Gasteiger partial charge in [0.15, 0.2) is 0 Å². The predicted molar refractivity (Wildman–Crippen MR) is 92.2 cm³/mol. The Morgan fingerprint density at radius 3 is 2.71 bits per heavy atom. The van der Waals surface area contributed by atoms with E-state index in [0.717, 1.165) is 39.6 Å². The van der Waals surface area contributed by atoms with Crippen molar-refractivity contribution in [3.05, 3.63) is 57.5 Å². The molecule has 0 aliphatic rings. The van der Waals surface area contributed by atoms with E-state index < -0.39 is 0 Å². The Labute approximate surface area is 139 Å². The zero-order valence-corrected chi connectivity index (χ0v) is 14.5. The van der Waals surface area contributed by atoms with Gasteiger partial charge in [-0.2, -0.15) is 0 Å². The summed E-state index contributed by atoms with van der Waals surface area (Å²) >= 11 is 9.55. The highest BCUT2D eigenvalue weighted by atomic mass is 79.9. The van der Waals surface area contributed by atoms with E-state index >= 15 is 0 Å². The zero-order chi connectivity index (χ0) is 15.2. The largest absolute Gasteiger partial charge is 0.457 e. The highest BCUT2D eigenvalue weighted by molar-refractivity contribution is 9.10. The average molecular weight is 369 g/mol. The first-order valence-corrected chi connectivity index (χ1v) is 8.14. The minimum Gasteiger partial charge on any atom is -0.457 e. The third kappa shape index (κ3) is 5.34.